The molecule has 0 aromatic carbocycles. The number of hydrogen-bond acceptors (Lipinski definition) is 4. The molecule has 2 heterocycles. The van der Waals surface area contributed by atoms with Gasteiger partial charge < -0.3 is 10.0 Å². The Bertz CT molecular complexity index is 466. The summed E-state index contributed by atoms with van der Waals surface area (Å²) in [5, 5.41) is 10.1. The molecule has 0 bridgehead atoms. The molecule has 4 nitrogen and oxygen atoms in total. The fourth-order valence-electron chi connectivity index (χ4n) is 2.81. The van der Waals surface area contributed by atoms with E-state index in [1.165, 1.54) is 30.6 Å². The molecule has 1 saturated heterocycles. The first-order valence-electron chi connectivity index (χ1n) is 7.03. The Kier molecular flexibility index (Phi) is 4.13. The number of aryl methyl sites for hydroxylation is 1. The Morgan fingerprint density at radius 2 is 2.11 bits per heavy atom. The molecule has 106 valence electrons. The van der Waals surface area contributed by atoms with Crippen LogP contribution in [0.15, 0.2) is 0 Å². The van der Waals surface area contributed by atoms with Gasteiger partial charge in [-0.2, -0.15) is 0 Å². The maximum atomic E-state index is 11.2. The number of nitrogens with zero attached hydrogens (tertiary/aromatic N) is 2. The van der Waals surface area contributed by atoms with Gasteiger partial charge in [0.15, 0.2) is 5.13 Å². The number of rotatable bonds is 5. The highest BCUT2D eigenvalue weighted by Gasteiger charge is 2.36. The smallest absolute Gasteiger partial charge is 0.347 e. The topological polar surface area (TPSA) is 53.4 Å². The molecule has 1 fully saturated rings. The van der Waals surface area contributed by atoms with Crippen LogP contribution >= 0.6 is 11.3 Å². The molecule has 0 unspecified atom stereocenters. The summed E-state index contributed by atoms with van der Waals surface area (Å²) in [6.07, 6.45) is 4.22. The fraction of sp³-hybridized carbons (Fsp3) is 0.714. The predicted octanol–water partition coefficient (Wildman–Crippen LogP) is 3.42. The molecule has 0 spiro atoms. The van der Waals surface area contributed by atoms with Crippen molar-refractivity contribution in [3.63, 3.8) is 0 Å². The highest BCUT2D eigenvalue weighted by Crippen LogP contribution is 2.40. The lowest BCUT2D eigenvalue weighted by Gasteiger charge is -2.26. The van der Waals surface area contributed by atoms with E-state index in [2.05, 4.69) is 23.7 Å². The highest BCUT2D eigenvalue weighted by molar-refractivity contribution is 7.17. The third-order valence-corrected chi connectivity index (χ3v) is 5.57. The summed E-state index contributed by atoms with van der Waals surface area (Å²) >= 11 is 1.33. The Morgan fingerprint density at radius 3 is 2.53 bits per heavy atom. The Hall–Kier alpha value is -1.10. The quantitative estimate of drug-likeness (QED) is 0.899. The zero-order valence-corrected chi connectivity index (χ0v) is 12.7. The van der Waals surface area contributed by atoms with Gasteiger partial charge in [0.1, 0.15) is 4.88 Å². The minimum Gasteiger partial charge on any atom is -0.477 e. The average Bonchev–Trinajstić information content (AvgIpc) is 3.03. The second kappa shape index (κ2) is 5.49. The molecule has 1 aromatic heterocycles. The van der Waals surface area contributed by atoms with Gasteiger partial charge in [0, 0.05) is 13.1 Å². The van der Waals surface area contributed by atoms with Crippen molar-refractivity contribution in [1.29, 1.82) is 0 Å². The molecule has 1 aliphatic heterocycles. The van der Waals surface area contributed by atoms with E-state index in [0.717, 1.165) is 23.9 Å². The number of hydrogen-bond donors (Lipinski definition) is 1. The maximum absolute atomic E-state index is 11.2. The van der Waals surface area contributed by atoms with E-state index in [1.807, 2.05) is 6.92 Å². The largest absolute Gasteiger partial charge is 0.477 e. The summed E-state index contributed by atoms with van der Waals surface area (Å²) < 4.78 is 0. The Balaban J connectivity index is 2.22. The molecule has 0 radical (unpaired) electrons. The summed E-state index contributed by atoms with van der Waals surface area (Å²) in [7, 11) is 0. The summed E-state index contributed by atoms with van der Waals surface area (Å²) in [5.41, 5.74) is 1.11. The van der Waals surface area contributed by atoms with Crippen LogP contribution in [0, 0.1) is 5.41 Å². The first-order chi connectivity index (χ1) is 9.05. The SMILES string of the molecule is CCc1nc(N2CCC(CC)(CC)C2)sc1C(=O)O. The molecule has 0 atom stereocenters. The van der Waals surface area contributed by atoms with Crippen LogP contribution in [0.2, 0.25) is 0 Å². The number of carbonyl (C=O) groups is 1. The number of aromatic nitrogens is 1. The van der Waals surface area contributed by atoms with Gasteiger partial charge in [-0.05, 0) is 31.1 Å². The number of anilines is 1. The Morgan fingerprint density at radius 1 is 1.42 bits per heavy atom. The van der Waals surface area contributed by atoms with E-state index in [0.29, 0.717) is 16.7 Å². The minimum atomic E-state index is -0.850. The molecule has 19 heavy (non-hydrogen) atoms. The second-order valence-electron chi connectivity index (χ2n) is 5.31. The summed E-state index contributed by atoms with van der Waals surface area (Å²) in [4.78, 5) is 18.4. The van der Waals surface area contributed by atoms with Crippen LogP contribution in [-0.2, 0) is 6.42 Å². The molecule has 0 amide bonds. The molecule has 2 rings (SSSR count). The van der Waals surface area contributed by atoms with Crippen molar-refractivity contribution < 1.29 is 9.90 Å². The van der Waals surface area contributed by atoms with E-state index in [1.54, 1.807) is 0 Å². The van der Waals surface area contributed by atoms with Crippen molar-refractivity contribution >= 4 is 22.4 Å². The highest BCUT2D eigenvalue weighted by atomic mass is 32.1. The fourth-order valence-corrected chi connectivity index (χ4v) is 3.83. The van der Waals surface area contributed by atoms with Crippen LogP contribution in [0.1, 0.15) is 55.4 Å². The van der Waals surface area contributed by atoms with Gasteiger partial charge >= 0.3 is 5.97 Å². The minimum absolute atomic E-state index is 0.390. The molecular formula is C14H22N2O2S. The van der Waals surface area contributed by atoms with Crippen LogP contribution in [0.5, 0.6) is 0 Å². The van der Waals surface area contributed by atoms with Gasteiger partial charge in [0.05, 0.1) is 5.69 Å². The molecule has 0 aliphatic carbocycles. The van der Waals surface area contributed by atoms with Gasteiger partial charge in [-0.25, -0.2) is 9.78 Å². The van der Waals surface area contributed by atoms with Crippen molar-refractivity contribution in [2.45, 2.75) is 46.5 Å². The van der Waals surface area contributed by atoms with Crippen LogP contribution in [0.25, 0.3) is 0 Å². The molecule has 5 heteroatoms. The summed E-state index contributed by atoms with van der Waals surface area (Å²) in [6, 6.07) is 0. The van der Waals surface area contributed by atoms with Crippen LogP contribution < -0.4 is 4.90 Å². The van der Waals surface area contributed by atoms with Gasteiger partial charge in [-0.3, -0.25) is 0 Å². The number of thiazole rings is 1. The van der Waals surface area contributed by atoms with Gasteiger partial charge in [0.2, 0.25) is 0 Å². The van der Waals surface area contributed by atoms with Crippen molar-refractivity contribution in [3.05, 3.63) is 10.6 Å². The van der Waals surface area contributed by atoms with E-state index in [4.69, 9.17) is 0 Å². The average molecular weight is 282 g/mol. The third-order valence-electron chi connectivity index (χ3n) is 4.42. The molecule has 1 aromatic rings. The van der Waals surface area contributed by atoms with Gasteiger partial charge in [0.25, 0.3) is 0 Å². The first kappa shape index (κ1) is 14.3. The zero-order chi connectivity index (χ0) is 14.0. The monoisotopic (exact) mass is 282 g/mol. The van der Waals surface area contributed by atoms with Crippen molar-refractivity contribution in [2.75, 3.05) is 18.0 Å². The maximum Gasteiger partial charge on any atom is 0.347 e. The first-order valence-corrected chi connectivity index (χ1v) is 7.84. The number of carboxylic acids is 1. The molecule has 0 saturated carbocycles. The van der Waals surface area contributed by atoms with E-state index in [9.17, 15) is 9.90 Å². The van der Waals surface area contributed by atoms with Crippen molar-refractivity contribution in [3.8, 4) is 0 Å². The van der Waals surface area contributed by atoms with E-state index < -0.39 is 5.97 Å². The van der Waals surface area contributed by atoms with Crippen molar-refractivity contribution in [2.24, 2.45) is 5.41 Å². The molecule has 1 N–H and O–H groups in total. The van der Waals surface area contributed by atoms with Crippen LogP contribution in [0.4, 0.5) is 5.13 Å². The van der Waals surface area contributed by atoms with Gasteiger partial charge in [-0.1, -0.05) is 32.1 Å². The Labute approximate surface area is 118 Å². The van der Waals surface area contributed by atoms with Crippen LogP contribution in [-0.4, -0.2) is 29.1 Å². The van der Waals surface area contributed by atoms with Crippen LogP contribution in [0.3, 0.4) is 0 Å². The van der Waals surface area contributed by atoms with E-state index in [-0.39, 0.29) is 0 Å². The molecular weight excluding hydrogens is 260 g/mol. The van der Waals surface area contributed by atoms with Crippen molar-refractivity contribution in [1.82, 2.24) is 4.98 Å². The summed E-state index contributed by atoms with van der Waals surface area (Å²) in [6.45, 7) is 8.45. The number of aromatic carboxylic acids is 1. The standard InChI is InChI=1S/C14H22N2O2S/c1-4-10-11(12(17)18)19-13(15-10)16-8-7-14(5-2,6-3)9-16/h4-9H2,1-3H3,(H,17,18). The third kappa shape index (κ3) is 2.61. The second-order valence-corrected chi connectivity index (χ2v) is 6.29. The lowest BCUT2D eigenvalue weighted by Crippen LogP contribution is -2.26. The number of carboxylic acid groups (broad SMARTS) is 1. The normalized spacial score (nSPS) is 17.9. The lowest BCUT2D eigenvalue weighted by molar-refractivity contribution is 0.0701. The van der Waals surface area contributed by atoms with E-state index >= 15 is 0 Å². The summed E-state index contributed by atoms with van der Waals surface area (Å²) in [5.74, 6) is -0.850. The predicted molar refractivity (Wildman–Crippen MR) is 78.3 cm³/mol. The molecule has 1 aliphatic rings. The lowest BCUT2D eigenvalue weighted by atomic mass is 9.82. The zero-order valence-electron chi connectivity index (χ0n) is 11.9. The van der Waals surface area contributed by atoms with Gasteiger partial charge in [-0.15, -0.1) is 0 Å².